The van der Waals surface area contributed by atoms with E-state index in [1.807, 2.05) is 31.2 Å². The fourth-order valence-corrected chi connectivity index (χ4v) is 4.83. The highest BCUT2D eigenvalue weighted by molar-refractivity contribution is 5.97. The molecule has 1 N–H and O–H groups in total. The molecule has 3 aromatic rings. The summed E-state index contributed by atoms with van der Waals surface area (Å²) < 4.78 is 7.19. The zero-order valence-corrected chi connectivity index (χ0v) is 20.3. The van der Waals surface area contributed by atoms with Crippen LogP contribution in [0.4, 0.5) is 5.95 Å². The van der Waals surface area contributed by atoms with Crippen LogP contribution < -0.4 is 15.8 Å². The van der Waals surface area contributed by atoms with Crippen LogP contribution in [0.5, 0.6) is 0 Å². The van der Waals surface area contributed by atoms with Crippen LogP contribution in [-0.4, -0.2) is 72.8 Å². The van der Waals surface area contributed by atoms with Gasteiger partial charge in [-0.05, 0) is 63.2 Å². The number of benzene rings is 2. The number of ether oxygens (including phenoxy) is 1. The quantitative estimate of drug-likeness (QED) is 0.591. The van der Waals surface area contributed by atoms with Gasteiger partial charge >= 0.3 is 0 Å². The highest BCUT2D eigenvalue weighted by Gasteiger charge is 2.21. The number of aromatic nitrogens is 2. The minimum atomic E-state index is -0.141. The number of morpholine rings is 1. The second kappa shape index (κ2) is 10.6. The Morgan fingerprint density at radius 2 is 1.74 bits per heavy atom. The summed E-state index contributed by atoms with van der Waals surface area (Å²) in [6.45, 7) is 8.18. The standard InChI is InChI=1S/C27H33N5O3/c1-20-5-8-22(9-6-20)32-26(34)23-10-7-21(25(33)28-11-14-30-12-3-2-4-13-30)19-24(23)29-27(32)31-15-17-35-18-16-31/h5-10,19H,2-4,11-18H2,1H3,(H,28,33). The molecule has 35 heavy (non-hydrogen) atoms. The van der Waals surface area contributed by atoms with Gasteiger partial charge in [0, 0.05) is 31.7 Å². The van der Waals surface area contributed by atoms with Crippen molar-refractivity contribution in [1.29, 1.82) is 0 Å². The number of likely N-dealkylation sites (tertiary alicyclic amines) is 1. The lowest BCUT2D eigenvalue weighted by Gasteiger charge is -2.30. The number of amides is 1. The van der Waals surface area contributed by atoms with Crippen molar-refractivity contribution < 1.29 is 9.53 Å². The van der Waals surface area contributed by atoms with Crippen molar-refractivity contribution in [2.75, 3.05) is 57.4 Å². The van der Waals surface area contributed by atoms with E-state index in [0.717, 1.165) is 30.9 Å². The maximum absolute atomic E-state index is 13.7. The SMILES string of the molecule is Cc1ccc(-n2c(N3CCOCC3)nc3cc(C(=O)NCCN4CCCCC4)ccc3c2=O)cc1. The highest BCUT2D eigenvalue weighted by Crippen LogP contribution is 2.22. The predicted molar refractivity (Wildman–Crippen MR) is 138 cm³/mol. The van der Waals surface area contributed by atoms with E-state index in [9.17, 15) is 9.59 Å². The van der Waals surface area contributed by atoms with Crippen molar-refractivity contribution in [2.24, 2.45) is 0 Å². The van der Waals surface area contributed by atoms with Crippen molar-refractivity contribution in [3.05, 3.63) is 63.9 Å². The van der Waals surface area contributed by atoms with Gasteiger partial charge in [-0.15, -0.1) is 0 Å². The van der Waals surface area contributed by atoms with Crippen LogP contribution in [0.15, 0.2) is 47.3 Å². The number of aryl methyl sites for hydroxylation is 1. The average Bonchev–Trinajstić information content (AvgIpc) is 2.90. The molecule has 0 spiro atoms. The first-order valence-electron chi connectivity index (χ1n) is 12.6. The molecule has 2 fully saturated rings. The van der Waals surface area contributed by atoms with E-state index in [-0.39, 0.29) is 11.5 Å². The van der Waals surface area contributed by atoms with Gasteiger partial charge in [0.25, 0.3) is 11.5 Å². The largest absolute Gasteiger partial charge is 0.378 e. The lowest BCUT2D eigenvalue weighted by atomic mass is 10.1. The first kappa shape index (κ1) is 23.5. The number of hydrogen-bond acceptors (Lipinski definition) is 6. The van der Waals surface area contributed by atoms with Crippen molar-refractivity contribution in [2.45, 2.75) is 26.2 Å². The summed E-state index contributed by atoms with van der Waals surface area (Å²) in [7, 11) is 0. The summed E-state index contributed by atoms with van der Waals surface area (Å²) in [5.41, 5.74) is 2.81. The van der Waals surface area contributed by atoms with Crippen LogP contribution in [0.25, 0.3) is 16.6 Å². The van der Waals surface area contributed by atoms with Gasteiger partial charge in [-0.1, -0.05) is 24.1 Å². The summed E-state index contributed by atoms with van der Waals surface area (Å²) in [5, 5.41) is 3.52. The van der Waals surface area contributed by atoms with Crippen molar-refractivity contribution in [3.63, 3.8) is 0 Å². The van der Waals surface area contributed by atoms with E-state index >= 15 is 0 Å². The van der Waals surface area contributed by atoms with Gasteiger partial charge in [-0.3, -0.25) is 9.59 Å². The van der Waals surface area contributed by atoms with E-state index in [1.54, 1.807) is 22.8 Å². The number of nitrogens with one attached hydrogen (secondary N) is 1. The van der Waals surface area contributed by atoms with Crippen LogP contribution in [0.3, 0.4) is 0 Å². The molecule has 8 heteroatoms. The fourth-order valence-electron chi connectivity index (χ4n) is 4.83. The first-order chi connectivity index (χ1) is 17.1. The molecular weight excluding hydrogens is 442 g/mol. The lowest BCUT2D eigenvalue weighted by Crippen LogP contribution is -2.40. The maximum Gasteiger partial charge on any atom is 0.267 e. The summed E-state index contributed by atoms with van der Waals surface area (Å²) in [4.78, 5) is 35.9. The van der Waals surface area contributed by atoms with Gasteiger partial charge in [-0.2, -0.15) is 0 Å². The van der Waals surface area contributed by atoms with Gasteiger partial charge in [0.05, 0.1) is 29.8 Å². The fraction of sp³-hybridized carbons (Fsp3) is 0.444. The van der Waals surface area contributed by atoms with Gasteiger partial charge in [0.2, 0.25) is 5.95 Å². The van der Waals surface area contributed by atoms with Gasteiger partial charge in [0.15, 0.2) is 0 Å². The Bertz CT molecular complexity index is 1240. The second-order valence-corrected chi connectivity index (χ2v) is 9.38. The van der Waals surface area contributed by atoms with Gasteiger partial charge in [0.1, 0.15) is 0 Å². The Kier molecular flexibility index (Phi) is 7.11. The molecule has 3 heterocycles. The van der Waals surface area contributed by atoms with E-state index in [0.29, 0.717) is 55.3 Å². The number of fused-ring (bicyclic) bond motifs is 1. The normalized spacial score (nSPS) is 17.0. The molecule has 5 rings (SSSR count). The lowest BCUT2D eigenvalue weighted by molar-refractivity contribution is 0.0946. The third-order valence-corrected chi connectivity index (χ3v) is 6.86. The monoisotopic (exact) mass is 475 g/mol. The molecule has 2 aliphatic rings. The molecule has 184 valence electrons. The number of carbonyl (C=O) groups is 1. The molecular formula is C27H33N5O3. The topological polar surface area (TPSA) is 79.7 Å². The number of carbonyl (C=O) groups excluding carboxylic acids is 1. The number of hydrogen-bond donors (Lipinski definition) is 1. The smallest absolute Gasteiger partial charge is 0.267 e. The third-order valence-electron chi connectivity index (χ3n) is 6.86. The molecule has 0 saturated carbocycles. The van der Waals surface area contributed by atoms with E-state index in [1.165, 1.54) is 19.3 Å². The summed E-state index contributed by atoms with van der Waals surface area (Å²) in [5.74, 6) is 0.443. The zero-order valence-electron chi connectivity index (χ0n) is 20.3. The molecule has 2 aliphatic heterocycles. The molecule has 0 unspecified atom stereocenters. The van der Waals surface area contributed by atoms with Crippen molar-refractivity contribution >= 4 is 22.8 Å². The number of nitrogens with zero attached hydrogens (tertiary/aromatic N) is 4. The van der Waals surface area contributed by atoms with Crippen LogP contribution in [0.2, 0.25) is 0 Å². The molecule has 0 radical (unpaired) electrons. The maximum atomic E-state index is 13.7. The van der Waals surface area contributed by atoms with Gasteiger partial charge in [-0.25, -0.2) is 9.55 Å². The molecule has 2 aromatic carbocycles. The van der Waals surface area contributed by atoms with E-state index in [4.69, 9.17) is 9.72 Å². The third kappa shape index (κ3) is 5.23. The van der Waals surface area contributed by atoms with Crippen LogP contribution in [0.1, 0.15) is 35.2 Å². The van der Waals surface area contributed by atoms with Crippen molar-refractivity contribution in [1.82, 2.24) is 19.8 Å². The minimum Gasteiger partial charge on any atom is -0.378 e. The number of rotatable bonds is 6. The second-order valence-electron chi connectivity index (χ2n) is 9.38. The van der Waals surface area contributed by atoms with Crippen LogP contribution >= 0.6 is 0 Å². The Hall–Kier alpha value is -3.23. The minimum absolute atomic E-state index is 0.138. The van der Waals surface area contributed by atoms with E-state index < -0.39 is 0 Å². The summed E-state index contributed by atoms with van der Waals surface area (Å²) in [6.07, 6.45) is 3.76. The van der Waals surface area contributed by atoms with Crippen molar-refractivity contribution in [3.8, 4) is 5.69 Å². The summed E-state index contributed by atoms with van der Waals surface area (Å²) >= 11 is 0. The molecule has 0 aliphatic carbocycles. The molecule has 8 nitrogen and oxygen atoms in total. The van der Waals surface area contributed by atoms with Crippen LogP contribution in [-0.2, 0) is 4.74 Å². The first-order valence-corrected chi connectivity index (χ1v) is 12.6. The predicted octanol–water partition coefficient (Wildman–Crippen LogP) is 2.75. The Labute approximate surface area is 205 Å². The Morgan fingerprint density at radius 3 is 2.49 bits per heavy atom. The molecule has 2 saturated heterocycles. The van der Waals surface area contributed by atoms with Gasteiger partial charge < -0.3 is 19.9 Å². The average molecular weight is 476 g/mol. The number of anilines is 1. The summed E-state index contributed by atoms with van der Waals surface area (Å²) in [6, 6.07) is 13.0. The molecule has 1 amide bonds. The van der Waals surface area contributed by atoms with Crippen LogP contribution in [0, 0.1) is 6.92 Å². The molecule has 1 aromatic heterocycles. The zero-order chi connectivity index (χ0) is 24.2. The highest BCUT2D eigenvalue weighted by atomic mass is 16.5. The number of piperidine rings is 1. The molecule has 0 atom stereocenters. The molecule has 0 bridgehead atoms. The Balaban J connectivity index is 1.45. The Morgan fingerprint density at radius 1 is 1.00 bits per heavy atom. The van der Waals surface area contributed by atoms with E-state index in [2.05, 4.69) is 15.1 Å².